The Morgan fingerprint density at radius 3 is 2.88 bits per heavy atom. The molecule has 32 heavy (non-hydrogen) atoms. The zero-order valence-corrected chi connectivity index (χ0v) is 18.7. The van der Waals surface area contributed by atoms with Crippen LogP contribution in [0.25, 0.3) is 5.70 Å². The smallest absolute Gasteiger partial charge is 0.206 e. The summed E-state index contributed by atoms with van der Waals surface area (Å²) in [6.45, 7) is 10.5. The standard InChI is InChI=1S/C26H30N6/c1-18-14-25(24-11-12-27-17-28-24)30-26(31(18)3)32-13-5-8-22(16-32)19(2)29-23-10-9-20-6-4-7-21(20)15-23/h9-12,14-15,17,22,29H,1-2,4-8,13,16H2,3H3. The molecular formula is C26H30N6. The van der Waals surface area contributed by atoms with Gasteiger partial charge in [0.2, 0.25) is 5.96 Å². The minimum atomic E-state index is 0.356. The molecule has 0 bridgehead atoms. The number of hydrogen-bond donors (Lipinski definition) is 1. The van der Waals surface area contributed by atoms with Crippen LogP contribution in [0.2, 0.25) is 0 Å². The topological polar surface area (TPSA) is 56.6 Å². The molecule has 0 saturated carbocycles. The van der Waals surface area contributed by atoms with Crippen molar-refractivity contribution in [1.29, 1.82) is 0 Å². The summed E-state index contributed by atoms with van der Waals surface area (Å²) in [5.41, 5.74) is 7.75. The average Bonchev–Trinajstić information content (AvgIpc) is 3.29. The zero-order chi connectivity index (χ0) is 22.1. The van der Waals surface area contributed by atoms with Crippen molar-refractivity contribution in [3.05, 3.63) is 84.2 Å². The van der Waals surface area contributed by atoms with E-state index in [4.69, 9.17) is 4.99 Å². The average molecular weight is 427 g/mol. The number of hydrogen-bond acceptors (Lipinski definition) is 6. The van der Waals surface area contributed by atoms with E-state index in [1.165, 1.54) is 30.4 Å². The number of rotatable bonds is 4. The number of piperidine rings is 1. The monoisotopic (exact) mass is 426 g/mol. The number of benzene rings is 1. The van der Waals surface area contributed by atoms with Gasteiger partial charge in [0.15, 0.2) is 0 Å². The summed E-state index contributed by atoms with van der Waals surface area (Å²) in [5.74, 6) is 1.27. The highest BCUT2D eigenvalue weighted by Gasteiger charge is 2.29. The maximum absolute atomic E-state index is 4.95. The van der Waals surface area contributed by atoms with Crippen molar-refractivity contribution in [3.63, 3.8) is 0 Å². The highest BCUT2D eigenvalue weighted by Crippen LogP contribution is 2.30. The van der Waals surface area contributed by atoms with Crippen molar-refractivity contribution >= 4 is 17.3 Å². The molecule has 1 aromatic carbocycles. The fourth-order valence-corrected chi connectivity index (χ4v) is 4.83. The molecule has 1 unspecified atom stereocenters. The summed E-state index contributed by atoms with van der Waals surface area (Å²) in [4.78, 5) is 17.7. The Morgan fingerprint density at radius 2 is 2.03 bits per heavy atom. The first-order valence-corrected chi connectivity index (χ1v) is 11.4. The Hall–Kier alpha value is -3.41. The van der Waals surface area contributed by atoms with Crippen LogP contribution in [-0.2, 0) is 12.8 Å². The molecule has 6 nitrogen and oxygen atoms in total. The van der Waals surface area contributed by atoms with Crippen molar-refractivity contribution in [2.45, 2.75) is 32.1 Å². The number of aromatic nitrogens is 2. The number of aryl methyl sites for hydroxylation is 2. The van der Waals surface area contributed by atoms with Gasteiger partial charge in [0.25, 0.3) is 0 Å². The Balaban J connectivity index is 1.31. The van der Waals surface area contributed by atoms with Crippen molar-refractivity contribution in [1.82, 2.24) is 19.8 Å². The molecule has 2 aliphatic heterocycles. The number of nitrogens with one attached hydrogen (secondary N) is 1. The lowest BCUT2D eigenvalue weighted by Gasteiger charge is -2.40. The van der Waals surface area contributed by atoms with Crippen LogP contribution < -0.4 is 5.32 Å². The van der Waals surface area contributed by atoms with Gasteiger partial charge in [0, 0.05) is 49.3 Å². The molecule has 2 aromatic rings. The van der Waals surface area contributed by atoms with Gasteiger partial charge < -0.3 is 15.1 Å². The number of likely N-dealkylation sites (tertiary alicyclic amines) is 1. The third-order valence-corrected chi connectivity index (χ3v) is 6.70. The second-order valence-electron chi connectivity index (χ2n) is 8.86. The van der Waals surface area contributed by atoms with E-state index in [1.807, 2.05) is 19.2 Å². The summed E-state index contributed by atoms with van der Waals surface area (Å²) < 4.78 is 0. The van der Waals surface area contributed by atoms with Crippen LogP contribution in [0.1, 0.15) is 36.1 Å². The van der Waals surface area contributed by atoms with Gasteiger partial charge in [-0.15, -0.1) is 0 Å². The molecule has 0 radical (unpaired) electrons. The molecule has 1 fully saturated rings. The van der Waals surface area contributed by atoms with E-state index in [-0.39, 0.29) is 0 Å². The first kappa shape index (κ1) is 20.5. The second kappa shape index (κ2) is 8.61. The van der Waals surface area contributed by atoms with Gasteiger partial charge in [-0.2, -0.15) is 0 Å². The Kier molecular flexibility index (Phi) is 5.52. The number of anilines is 1. The molecule has 164 valence electrons. The van der Waals surface area contributed by atoms with Gasteiger partial charge in [-0.1, -0.05) is 19.2 Å². The summed E-state index contributed by atoms with van der Waals surface area (Å²) in [6, 6.07) is 8.64. The molecule has 1 N–H and O–H groups in total. The molecule has 1 atom stereocenters. The molecular weight excluding hydrogens is 396 g/mol. The molecule has 1 aliphatic carbocycles. The molecule has 0 spiro atoms. The minimum Gasteiger partial charge on any atom is -0.359 e. The van der Waals surface area contributed by atoms with E-state index < -0.39 is 0 Å². The van der Waals surface area contributed by atoms with Crippen LogP contribution in [0.4, 0.5) is 5.69 Å². The van der Waals surface area contributed by atoms with E-state index in [9.17, 15) is 0 Å². The maximum Gasteiger partial charge on any atom is 0.206 e. The molecule has 1 saturated heterocycles. The van der Waals surface area contributed by atoms with Gasteiger partial charge in [0.1, 0.15) is 6.33 Å². The van der Waals surface area contributed by atoms with Gasteiger partial charge in [-0.3, -0.25) is 0 Å². The van der Waals surface area contributed by atoms with Gasteiger partial charge in [-0.05, 0) is 67.5 Å². The first-order valence-electron chi connectivity index (χ1n) is 11.4. The number of nitrogens with zero attached hydrogens (tertiary/aromatic N) is 5. The van der Waals surface area contributed by atoms with E-state index in [0.29, 0.717) is 5.92 Å². The Bertz CT molecular complexity index is 1100. The summed E-state index contributed by atoms with van der Waals surface area (Å²) >= 11 is 0. The predicted molar refractivity (Wildman–Crippen MR) is 130 cm³/mol. The quantitative estimate of drug-likeness (QED) is 0.782. The van der Waals surface area contributed by atoms with Crippen molar-refractivity contribution in [2.75, 3.05) is 25.5 Å². The largest absolute Gasteiger partial charge is 0.359 e. The molecule has 3 aliphatic rings. The van der Waals surface area contributed by atoms with Crippen LogP contribution in [0.15, 0.2) is 72.4 Å². The lowest BCUT2D eigenvalue weighted by atomic mass is 9.95. The molecule has 5 rings (SSSR count). The fourth-order valence-electron chi connectivity index (χ4n) is 4.83. The number of aliphatic imine (C=N–C) groups is 1. The first-order chi connectivity index (χ1) is 15.6. The van der Waals surface area contributed by atoms with Crippen LogP contribution >= 0.6 is 0 Å². The van der Waals surface area contributed by atoms with Gasteiger partial charge in [-0.25, -0.2) is 15.0 Å². The molecule has 1 aromatic heterocycles. The summed E-state index contributed by atoms with van der Waals surface area (Å²) in [6.07, 6.45) is 11.2. The summed E-state index contributed by atoms with van der Waals surface area (Å²) in [7, 11) is 2.02. The van der Waals surface area contributed by atoms with E-state index in [1.54, 1.807) is 12.5 Å². The van der Waals surface area contributed by atoms with E-state index >= 15 is 0 Å². The van der Waals surface area contributed by atoms with E-state index in [2.05, 4.69) is 56.4 Å². The third kappa shape index (κ3) is 4.05. The molecule has 6 heteroatoms. The molecule has 3 heterocycles. The molecule has 0 amide bonds. The lowest BCUT2D eigenvalue weighted by molar-refractivity contribution is 0.264. The maximum atomic E-state index is 4.95. The fraction of sp³-hybridized carbons (Fsp3) is 0.346. The zero-order valence-electron chi connectivity index (χ0n) is 18.7. The second-order valence-corrected chi connectivity index (χ2v) is 8.86. The van der Waals surface area contributed by atoms with E-state index in [0.717, 1.165) is 60.4 Å². The highest BCUT2D eigenvalue weighted by molar-refractivity contribution is 5.90. The van der Waals surface area contributed by atoms with Gasteiger partial charge in [0.05, 0.1) is 11.4 Å². The van der Waals surface area contributed by atoms with Crippen molar-refractivity contribution in [2.24, 2.45) is 10.9 Å². The van der Waals surface area contributed by atoms with Crippen LogP contribution in [0, 0.1) is 5.92 Å². The number of allylic oxidation sites excluding steroid dienone is 1. The van der Waals surface area contributed by atoms with Gasteiger partial charge >= 0.3 is 0 Å². The van der Waals surface area contributed by atoms with Crippen molar-refractivity contribution in [3.8, 4) is 0 Å². The normalized spacial score (nSPS) is 20.5. The van der Waals surface area contributed by atoms with Crippen LogP contribution in [0.3, 0.4) is 0 Å². The summed E-state index contributed by atoms with van der Waals surface area (Å²) in [5, 5.41) is 3.60. The Labute approximate surface area is 190 Å². The lowest BCUT2D eigenvalue weighted by Crippen LogP contribution is -2.48. The SMILES string of the molecule is C=C(Nc1ccc2c(c1)CCC2)C1CCCN(C2=NC(c3ccncn3)=CC(=C)N2C)C1. The van der Waals surface area contributed by atoms with Crippen molar-refractivity contribution < 1.29 is 0 Å². The highest BCUT2D eigenvalue weighted by atomic mass is 15.4. The third-order valence-electron chi connectivity index (χ3n) is 6.70. The number of fused-ring (bicyclic) bond motifs is 1. The minimum absolute atomic E-state index is 0.356. The number of likely N-dealkylation sites (N-methyl/N-ethyl adjacent to an activating group) is 1. The Morgan fingerprint density at radius 1 is 1.16 bits per heavy atom. The van der Waals surface area contributed by atoms with Crippen LogP contribution in [0.5, 0.6) is 0 Å². The number of guanidine groups is 1. The predicted octanol–water partition coefficient (Wildman–Crippen LogP) is 4.46. The van der Waals surface area contributed by atoms with Crippen LogP contribution in [-0.4, -0.2) is 45.9 Å².